The minimum absolute atomic E-state index is 0. The smallest absolute Gasteiger partial charge is 0.408 e. The molecule has 1 atom stereocenters. The minimum atomic E-state index is -0.308. The molecule has 5 rings (SSSR count). The van der Waals surface area contributed by atoms with Gasteiger partial charge in [-0.05, 0) is 63.3 Å². The van der Waals surface area contributed by atoms with Crippen molar-refractivity contribution < 1.29 is 9.53 Å². The normalized spacial score (nSPS) is 30.2. The number of ether oxygens (including phenoxy) is 1. The van der Waals surface area contributed by atoms with E-state index in [1.165, 1.54) is 5.56 Å². The summed E-state index contributed by atoms with van der Waals surface area (Å²) >= 11 is 0. The van der Waals surface area contributed by atoms with Crippen LogP contribution >= 0.6 is 12.4 Å². The zero-order chi connectivity index (χ0) is 16.4. The first-order valence-corrected chi connectivity index (χ1v) is 9.23. The van der Waals surface area contributed by atoms with Gasteiger partial charge in [0.1, 0.15) is 6.10 Å². The average Bonchev–Trinajstić information content (AvgIpc) is 2.64. The molecule has 4 heterocycles. The zero-order valence-corrected chi connectivity index (χ0v) is 15.4. The summed E-state index contributed by atoms with van der Waals surface area (Å²) in [4.78, 5) is 15.1. The maximum absolute atomic E-state index is 12.7. The van der Waals surface area contributed by atoms with Crippen LogP contribution in [0.5, 0.6) is 0 Å². The van der Waals surface area contributed by atoms with Crippen LogP contribution in [0.4, 0.5) is 4.79 Å². The Bertz CT molecular complexity index is 569. The van der Waals surface area contributed by atoms with Gasteiger partial charge in [0.25, 0.3) is 0 Å². The number of amides is 1. The molecule has 4 fully saturated rings. The second kappa shape index (κ2) is 7.94. The first-order valence-electron chi connectivity index (χ1n) is 9.23. The summed E-state index contributed by atoms with van der Waals surface area (Å²) in [5.41, 5.74) is 0.870. The molecule has 5 nitrogen and oxygen atoms in total. The van der Waals surface area contributed by atoms with Crippen molar-refractivity contribution in [1.29, 1.82) is 0 Å². The Morgan fingerprint density at radius 2 is 1.84 bits per heavy atom. The van der Waals surface area contributed by atoms with Gasteiger partial charge in [0.05, 0.1) is 5.54 Å². The Hall–Kier alpha value is -1.30. The van der Waals surface area contributed by atoms with Crippen LogP contribution in [0, 0.1) is 5.92 Å². The van der Waals surface area contributed by atoms with Crippen molar-refractivity contribution in [3.05, 3.63) is 35.9 Å². The number of carbonyl (C=O) groups excluding carboxylic acids is 1. The number of fused-ring (bicyclic) bond motifs is 3. The molecule has 1 aromatic rings. The second-order valence-electron chi connectivity index (χ2n) is 7.40. The average molecular weight is 366 g/mol. The molecule has 4 aliphatic heterocycles. The minimum Gasteiger partial charge on any atom is -0.445 e. The fourth-order valence-electron chi connectivity index (χ4n) is 4.50. The van der Waals surface area contributed by atoms with Crippen LogP contribution in [0.3, 0.4) is 0 Å². The standard InChI is InChI=1S/C19H27N3O2.ClH/c23-18(24-17-14-22-12-6-15(17)7-13-22)21-19(8-10-20-11-9-19)16-4-2-1-3-5-16;/h1-5,15,17,20H,6-14H2,(H,21,23);1H/t17-;/m0./s1. The molecule has 1 amide bonds. The Morgan fingerprint density at radius 3 is 2.44 bits per heavy atom. The highest BCUT2D eigenvalue weighted by atomic mass is 35.5. The van der Waals surface area contributed by atoms with E-state index in [1.807, 2.05) is 18.2 Å². The van der Waals surface area contributed by atoms with Crippen molar-refractivity contribution in [1.82, 2.24) is 15.5 Å². The molecular weight excluding hydrogens is 338 g/mol. The zero-order valence-electron chi connectivity index (χ0n) is 14.6. The number of rotatable bonds is 3. The molecule has 1 aromatic carbocycles. The number of alkyl carbamates (subject to hydrolysis) is 1. The van der Waals surface area contributed by atoms with E-state index in [1.54, 1.807) is 0 Å². The highest BCUT2D eigenvalue weighted by molar-refractivity contribution is 5.85. The third-order valence-corrected chi connectivity index (χ3v) is 5.98. The molecule has 0 aromatic heterocycles. The monoisotopic (exact) mass is 365 g/mol. The Labute approximate surface area is 155 Å². The van der Waals surface area contributed by atoms with E-state index in [4.69, 9.17) is 4.74 Å². The van der Waals surface area contributed by atoms with E-state index in [9.17, 15) is 4.79 Å². The SMILES string of the molecule is Cl.O=C(NC1(c2ccccc2)CCNCC1)O[C@H]1CN2CCC1CC2. The van der Waals surface area contributed by atoms with Crippen LogP contribution in [0.15, 0.2) is 30.3 Å². The predicted octanol–water partition coefficient (Wildman–Crippen LogP) is 2.51. The van der Waals surface area contributed by atoms with Crippen molar-refractivity contribution in [3.8, 4) is 0 Å². The molecule has 0 spiro atoms. The Kier molecular flexibility index (Phi) is 5.87. The Balaban J connectivity index is 0.00000182. The molecule has 0 unspecified atom stereocenters. The van der Waals surface area contributed by atoms with Gasteiger partial charge in [0.15, 0.2) is 0 Å². The van der Waals surface area contributed by atoms with Crippen LogP contribution in [0.1, 0.15) is 31.2 Å². The fraction of sp³-hybridized carbons (Fsp3) is 0.632. The van der Waals surface area contributed by atoms with Crippen molar-refractivity contribution in [2.75, 3.05) is 32.7 Å². The first kappa shape index (κ1) is 18.5. The lowest BCUT2D eigenvalue weighted by Crippen LogP contribution is -2.56. The second-order valence-corrected chi connectivity index (χ2v) is 7.40. The number of nitrogens with one attached hydrogen (secondary N) is 2. The summed E-state index contributed by atoms with van der Waals surface area (Å²) in [6, 6.07) is 10.3. The van der Waals surface area contributed by atoms with E-state index in [0.717, 1.165) is 58.4 Å². The maximum atomic E-state index is 12.7. The van der Waals surface area contributed by atoms with Crippen LogP contribution in [-0.4, -0.2) is 49.8 Å². The lowest BCUT2D eigenvalue weighted by atomic mass is 9.81. The molecule has 0 saturated carbocycles. The molecule has 4 aliphatic rings. The molecule has 25 heavy (non-hydrogen) atoms. The van der Waals surface area contributed by atoms with Gasteiger partial charge >= 0.3 is 6.09 Å². The third kappa shape index (κ3) is 3.94. The van der Waals surface area contributed by atoms with E-state index >= 15 is 0 Å². The number of hydrogen-bond acceptors (Lipinski definition) is 4. The molecule has 138 valence electrons. The molecule has 6 heteroatoms. The summed E-state index contributed by atoms with van der Waals surface area (Å²) in [5.74, 6) is 0.543. The van der Waals surface area contributed by atoms with Gasteiger partial charge in [-0.25, -0.2) is 4.79 Å². The topological polar surface area (TPSA) is 53.6 Å². The highest BCUT2D eigenvalue weighted by Crippen LogP contribution is 2.32. The van der Waals surface area contributed by atoms with E-state index in [2.05, 4.69) is 27.7 Å². The summed E-state index contributed by atoms with van der Waals surface area (Å²) in [6.07, 6.45) is 3.91. The fourth-order valence-corrected chi connectivity index (χ4v) is 4.50. The molecule has 4 saturated heterocycles. The van der Waals surface area contributed by atoms with Crippen molar-refractivity contribution >= 4 is 18.5 Å². The van der Waals surface area contributed by atoms with Gasteiger partial charge in [-0.1, -0.05) is 30.3 Å². The molecule has 0 aliphatic carbocycles. The van der Waals surface area contributed by atoms with Crippen molar-refractivity contribution in [2.24, 2.45) is 5.92 Å². The van der Waals surface area contributed by atoms with E-state index < -0.39 is 0 Å². The lowest BCUT2D eigenvalue weighted by Gasteiger charge is -2.44. The number of carbonyl (C=O) groups is 1. The number of halogens is 1. The summed E-state index contributed by atoms with van der Waals surface area (Å²) in [7, 11) is 0. The van der Waals surface area contributed by atoms with E-state index in [0.29, 0.717) is 5.92 Å². The van der Waals surface area contributed by atoms with Crippen LogP contribution in [-0.2, 0) is 10.3 Å². The van der Waals surface area contributed by atoms with Gasteiger partial charge in [-0.3, -0.25) is 4.90 Å². The Morgan fingerprint density at radius 1 is 1.16 bits per heavy atom. The summed E-state index contributed by atoms with van der Waals surface area (Å²) < 4.78 is 5.86. The molecule has 2 N–H and O–H groups in total. The number of hydrogen-bond donors (Lipinski definition) is 2. The summed E-state index contributed by atoms with van der Waals surface area (Å²) in [6.45, 7) is 5.04. The van der Waals surface area contributed by atoms with Crippen molar-refractivity contribution in [3.63, 3.8) is 0 Å². The van der Waals surface area contributed by atoms with Gasteiger partial charge in [-0.15, -0.1) is 12.4 Å². The van der Waals surface area contributed by atoms with Gasteiger partial charge < -0.3 is 15.4 Å². The van der Waals surface area contributed by atoms with Gasteiger partial charge in [0, 0.05) is 6.54 Å². The predicted molar refractivity (Wildman–Crippen MR) is 100 cm³/mol. The van der Waals surface area contributed by atoms with Gasteiger partial charge in [-0.2, -0.15) is 0 Å². The number of piperidine rings is 4. The summed E-state index contributed by atoms with van der Waals surface area (Å²) in [5, 5.41) is 6.62. The number of nitrogens with zero attached hydrogens (tertiary/aromatic N) is 1. The lowest BCUT2D eigenvalue weighted by molar-refractivity contribution is -0.0360. The van der Waals surface area contributed by atoms with Crippen LogP contribution < -0.4 is 10.6 Å². The largest absolute Gasteiger partial charge is 0.445 e. The van der Waals surface area contributed by atoms with Crippen LogP contribution in [0.2, 0.25) is 0 Å². The molecule has 0 radical (unpaired) electrons. The maximum Gasteiger partial charge on any atom is 0.408 e. The van der Waals surface area contributed by atoms with Gasteiger partial charge in [0.2, 0.25) is 0 Å². The third-order valence-electron chi connectivity index (χ3n) is 5.98. The number of benzene rings is 1. The highest BCUT2D eigenvalue weighted by Gasteiger charge is 2.39. The van der Waals surface area contributed by atoms with Crippen molar-refractivity contribution in [2.45, 2.75) is 37.3 Å². The quantitative estimate of drug-likeness (QED) is 0.864. The molecule has 2 bridgehead atoms. The molecular formula is C19H28ClN3O2. The first-order chi connectivity index (χ1) is 11.8. The van der Waals surface area contributed by atoms with Crippen LogP contribution in [0.25, 0.3) is 0 Å². The van der Waals surface area contributed by atoms with E-state index in [-0.39, 0.29) is 30.1 Å².